The Balaban J connectivity index is 2.15. The Bertz CT molecular complexity index is 567. The Morgan fingerprint density at radius 3 is 2.65 bits per heavy atom. The minimum atomic E-state index is -0.592. The third-order valence-corrected chi connectivity index (χ3v) is 2.94. The molecule has 0 aliphatic heterocycles. The summed E-state index contributed by atoms with van der Waals surface area (Å²) in [7, 11) is 0. The molecule has 4 heteroatoms. The normalized spacial score (nSPS) is 11.7. The van der Waals surface area contributed by atoms with Gasteiger partial charge in [0.1, 0.15) is 12.4 Å². The highest BCUT2D eigenvalue weighted by Gasteiger charge is 2.08. The first-order chi connectivity index (χ1) is 9.70. The molecule has 0 aliphatic rings. The quantitative estimate of drug-likeness (QED) is 0.794. The van der Waals surface area contributed by atoms with Crippen molar-refractivity contribution in [3.8, 4) is 5.75 Å². The number of benzene rings is 2. The van der Waals surface area contributed by atoms with Crippen LogP contribution in [0.5, 0.6) is 5.75 Å². The number of anilines is 1. The highest BCUT2D eigenvalue weighted by molar-refractivity contribution is 5.75. The fourth-order valence-corrected chi connectivity index (χ4v) is 1.84. The van der Waals surface area contributed by atoms with Gasteiger partial charge in [-0.05, 0) is 30.2 Å². The molecule has 0 radical (unpaired) electrons. The van der Waals surface area contributed by atoms with E-state index < -0.39 is 6.10 Å². The molecule has 1 atom stereocenters. The summed E-state index contributed by atoms with van der Waals surface area (Å²) in [6.07, 6.45) is 0.00154. The van der Waals surface area contributed by atoms with Gasteiger partial charge in [-0.15, -0.1) is 0 Å². The number of rotatable bonds is 6. The molecule has 1 amide bonds. The lowest BCUT2D eigenvalue weighted by molar-refractivity contribution is -0.105. The molecule has 0 aromatic heterocycles. The Kier molecular flexibility index (Phi) is 4.74. The first-order valence-electron chi connectivity index (χ1n) is 6.39. The standard InChI is InChI=1S/C16H17NO3/c1-12(19)14-7-8-16(15(9-14)17-11-18)20-10-13-5-3-2-4-6-13/h2-9,11-12,19H,10H2,1H3,(H,17,18). The van der Waals surface area contributed by atoms with Crippen LogP contribution in [0.2, 0.25) is 0 Å². The zero-order chi connectivity index (χ0) is 14.4. The van der Waals surface area contributed by atoms with Gasteiger partial charge in [0.2, 0.25) is 6.41 Å². The second kappa shape index (κ2) is 6.73. The third kappa shape index (κ3) is 3.59. The van der Waals surface area contributed by atoms with E-state index in [1.165, 1.54) is 0 Å². The summed E-state index contributed by atoms with van der Waals surface area (Å²) in [5.74, 6) is 0.574. The second-order valence-corrected chi connectivity index (χ2v) is 4.47. The van der Waals surface area contributed by atoms with Crippen LogP contribution in [0.25, 0.3) is 0 Å². The highest BCUT2D eigenvalue weighted by atomic mass is 16.5. The van der Waals surface area contributed by atoms with Crippen molar-refractivity contribution in [1.82, 2.24) is 0 Å². The summed E-state index contributed by atoms with van der Waals surface area (Å²) in [5.41, 5.74) is 2.32. The molecule has 2 rings (SSSR count). The summed E-state index contributed by atoms with van der Waals surface area (Å²) in [6.45, 7) is 2.09. The van der Waals surface area contributed by atoms with Crippen LogP contribution < -0.4 is 10.1 Å². The predicted molar refractivity (Wildman–Crippen MR) is 77.5 cm³/mol. The molecule has 0 spiro atoms. The lowest BCUT2D eigenvalue weighted by atomic mass is 10.1. The first-order valence-corrected chi connectivity index (χ1v) is 6.39. The van der Waals surface area contributed by atoms with Gasteiger partial charge in [-0.2, -0.15) is 0 Å². The number of aliphatic hydroxyl groups is 1. The zero-order valence-corrected chi connectivity index (χ0v) is 11.2. The second-order valence-electron chi connectivity index (χ2n) is 4.47. The van der Waals surface area contributed by atoms with Crippen LogP contribution in [0.15, 0.2) is 48.5 Å². The number of hydrogen-bond acceptors (Lipinski definition) is 3. The fourth-order valence-electron chi connectivity index (χ4n) is 1.84. The Morgan fingerprint density at radius 2 is 2.00 bits per heavy atom. The van der Waals surface area contributed by atoms with Gasteiger partial charge in [-0.1, -0.05) is 36.4 Å². The molecule has 2 aromatic rings. The van der Waals surface area contributed by atoms with Crippen molar-refractivity contribution < 1.29 is 14.6 Å². The maximum absolute atomic E-state index is 10.7. The Labute approximate surface area is 118 Å². The van der Waals surface area contributed by atoms with Gasteiger partial charge >= 0.3 is 0 Å². The molecule has 2 N–H and O–H groups in total. The first kappa shape index (κ1) is 14.1. The van der Waals surface area contributed by atoms with Crippen LogP contribution in [-0.2, 0) is 11.4 Å². The van der Waals surface area contributed by atoms with Crippen LogP contribution in [0, 0.1) is 0 Å². The summed E-state index contributed by atoms with van der Waals surface area (Å²) in [6, 6.07) is 15.0. The van der Waals surface area contributed by atoms with Crippen LogP contribution in [0.4, 0.5) is 5.69 Å². The van der Waals surface area contributed by atoms with Gasteiger partial charge in [0.25, 0.3) is 0 Å². The van der Waals surface area contributed by atoms with Gasteiger partial charge < -0.3 is 15.2 Å². The molecule has 0 fully saturated rings. The van der Waals surface area contributed by atoms with E-state index in [-0.39, 0.29) is 0 Å². The number of carbonyl (C=O) groups is 1. The largest absolute Gasteiger partial charge is 0.487 e. The molecule has 1 unspecified atom stereocenters. The maximum Gasteiger partial charge on any atom is 0.211 e. The lowest BCUT2D eigenvalue weighted by Gasteiger charge is -2.13. The minimum Gasteiger partial charge on any atom is -0.487 e. The number of hydrogen-bond donors (Lipinski definition) is 2. The zero-order valence-electron chi connectivity index (χ0n) is 11.2. The van der Waals surface area contributed by atoms with E-state index in [1.54, 1.807) is 25.1 Å². The van der Waals surface area contributed by atoms with Gasteiger partial charge in [0.15, 0.2) is 0 Å². The van der Waals surface area contributed by atoms with Gasteiger partial charge in [-0.25, -0.2) is 0 Å². The van der Waals surface area contributed by atoms with Gasteiger partial charge in [0, 0.05) is 0 Å². The molecule has 0 saturated heterocycles. The highest BCUT2D eigenvalue weighted by Crippen LogP contribution is 2.28. The summed E-state index contributed by atoms with van der Waals surface area (Å²) >= 11 is 0. The molecule has 2 aromatic carbocycles. The van der Waals surface area contributed by atoms with E-state index in [9.17, 15) is 9.90 Å². The van der Waals surface area contributed by atoms with E-state index >= 15 is 0 Å². The molecule has 4 nitrogen and oxygen atoms in total. The Hall–Kier alpha value is -2.33. The van der Waals surface area contributed by atoms with E-state index in [4.69, 9.17) is 4.74 Å². The van der Waals surface area contributed by atoms with Crippen molar-refractivity contribution in [3.63, 3.8) is 0 Å². The molecular weight excluding hydrogens is 254 g/mol. The van der Waals surface area contributed by atoms with Crippen molar-refractivity contribution in [2.24, 2.45) is 0 Å². The van der Waals surface area contributed by atoms with Gasteiger partial charge in [0.05, 0.1) is 11.8 Å². The smallest absolute Gasteiger partial charge is 0.211 e. The Morgan fingerprint density at radius 1 is 1.25 bits per heavy atom. The van der Waals surface area contributed by atoms with Crippen molar-refractivity contribution in [3.05, 3.63) is 59.7 Å². The number of aliphatic hydroxyl groups excluding tert-OH is 1. The molecule has 0 aliphatic carbocycles. The third-order valence-electron chi connectivity index (χ3n) is 2.94. The van der Waals surface area contributed by atoms with Crippen LogP contribution in [0.1, 0.15) is 24.2 Å². The van der Waals surface area contributed by atoms with Crippen LogP contribution >= 0.6 is 0 Å². The minimum absolute atomic E-state index is 0.419. The van der Waals surface area contributed by atoms with E-state index in [0.717, 1.165) is 11.1 Å². The number of ether oxygens (including phenoxy) is 1. The maximum atomic E-state index is 10.7. The van der Waals surface area contributed by atoms with Gasteiger partial charge in [-0.3, -0.25) is 4.79 Å². The van der Waals surface area contributed by atoms with Crippen molar-refractivity contribution in [1.29, 1.82) is 0 Å². The summed E-state index contributed by atoms with van der Waals surface area (Å²) in [5, 5.41) is 12.1. The van der Waals surface area contributed by atoms with Crippen molar-refractivity contribution >= 4 is 12.1 Å². The monoisotopic (exact) mass is 271 g/mol. The topological polar surface area (TPSA) is 58.6 Å². The van der Waals surface area contributed by atoms with E-state index in [2.05, 4.69) is 5.32 Å². The molecule has 0 bridgehead atoms. The molecule has 104 valence electrons. The number of amides is 1. The summed E-state index contributed by atoms with van der Waals surface area (Å²) in [4.78, 5) is 10.7. The average molecular weight is 271 g/mol. The summed E-state index contributed by atoms with van der Waals surface area (Å²) < 4.78 is 5.71. The average Bonchev–Trinajstić information content (AvgIpc) is 2.47. The predicted octanol–water partition coefficient (Wildman–Crippen LogP) is 2.89. The van der Waals surface area contributed by atoms with E-state index in [0.29, 0.717) is 24.5 Å². The lowest BCUT2D eigenvalue weighted by Crippen LogP contribution is -2.02. The van der Waals surface area contributed by atoms with E-state index in [1.807, 2.05) is 30.3 Å². The number of carbonyl (C=O) groups excluding carboxylic acids is 1. The molecule has 20 heavy (non-hydrogen) atoms. The van der Waals surface area contributed by atoms with Crippen molar-refractivity contribution in [2.75, 3.05) is 5.32 Å². The number of nitrogens with one attached hydrogen (secondary N) is 1. The molecule has 0 saturated carbocycles. The van der Waals surface area contributed by atoms with Crippen LogP contribution in [0.3, 0.4) is 0 Å². The SMILES string of the molecule is CC(O)c1ccc(OCc2ccccc2)c(NC=O)c1. The van der Waals surface area contributed by atoms with Crippen LogP contribution in [-0.4, -0.2) is 11.5 Å². The molecular formula is C16H17NO3. The molecule has 0 heterocycles. The van der Waals surface area contributed by atoms with Crippen molar-refractivity contribution in [2.45, 2.75) is 19.6 Å². The fraction of sp³-hybridized carbons (Fsp3) is 0.188.